The summed E-state index contributed by atoms with van der Waals surface area (Å²) in [5.74, 6) is 0.536. The second-order valence-electron chi connectivity index (χ2n) is 12.0. The number of amides is 2. The Morgan fingerprint density at radius 2 is 1.82 bits per heavy atom. The number of anilines is 2. The minimum absolute atomic E-state index is 0.0637. The van der Waals surface area contributed by atoms with E-state index >= 15 is 0 Å². The van der Waals surface area contributed by atoms with Gasteiger partial charge < -0.3 is 9.64 Å². The van der Waals surface area contributed by atoms with E-state index in [9.17, 15) is 14.9 Å². The van der Waals surface area contributed by atoms with Gasteiger partial charge >= 0.3 is 6.09 Å². The maximum atomic E-state index is 14.1. The predicted octanol–water partition coefficient (Wildman–Crippen LogP) is 7.28. The van der Waals surface area contributed by atoms with E-state index in [0.29, 0.717) is 35.3 Å². The van der Waals surface area contributed by atoms with Gasteiger partial charge in [0.2, 0.25) is 5.91 Å². The highest BCUT2D eigenvalue weighted by Gasteiger charge is 2.52. The molecule has 0 radical (unpaired) electrons. The molecule has 3 aliphatic rings. The zero-order chi connectivity index (χ0) is 27.1. The van der Waals surface area contributed by atoms with E-state index < -0.39 is 11.0 Å². The predicted molar refractivity (Wildman–Crippen MR) is 149 cm³/mol. The standard InChI is InChI=1S/C31H36ClN3O3/c1-30(2,3)38-29(37)34-16-12-21(13-17-34)18-22-10-11-27-24(19-22)31(14-5-4-6-15-31)28(36)35(27)26-9-7-8-25(32)23(26)20-33/h7-11,19,21H,4-6,12-18H2,1-3H3. The minimum Gasteiger partial charge on any atom is -0.444 e. The molecule has 1 saturated heterocycles. The van der Waals surface area contributed by atoms with Crippen molar-refractivity contribution < 1.29 is 14.3 Å². The van der Waals surface area contributed by atoms with E-state index in [1.54, 1.807) is 17.0 Å². The summed E-state index contributed by atoms with van der Waals surface area (Å²) in [6.45, 7) is 7.08. The Labute approximate surface area is 230 Å². The van der Waals surface area contributed by atoms with Crippen molar-refractivity contribution in [1.29, 1.82) is 5.26 Å². The average Bonchev–Trinajstić information content (AvgIpc) is 3.10. The van der Waals surface area contributed by atoms with E-state index in [0.717, 1.165) is 62.6 Å². The SMILES string of the molecule is CC(C)(C)OC(=O)N1CCC(Cc2ccc3c(c2)C2(CCCCC2)C(=O)N3c2cccc(Cl)c2C#N)CC1. The number of likely N-dealkylation sites (tertiary alicyclic amines) is 1. The Hall–Kier alpha value is -3.04. The Kier molecular flexibility index (Phi) is 7.17. The van der Waals surface area contributed by atoms with Crippen LogP contribution in [-0.2, 0) is 21.4 Å². The number of halogens is 1. The zero-order valence-electron chi connectivity index (χ0n) is 22.6. The second-order valence-corrected chi connectivity index (χ2v) is 12.4. The lowest BCUT2D eigenvalue weighted by molar-refractivity contribution is -0.123. The van der Waals surface area contributed by atoms with Crippen LogP contribution in [0, 0.1) is 17.2 Å². The van der Waals surface area contributed by atoms with E-state index in [2.05, 4.69) is 24.3 Å². The molecule has 0 N–H and O–H groups in total. The van der Waals surface area contributed by atoms with E-state index in [4.69, 9.17) is 16.3 Å². The van der Waals surface area contributed by atoms with Crippen LogP contribution in [0.5, 0.6) is 0 Å². The minimum atomic E-state index is -0.543. The third kappa shape index (κ3) is 4.89. The van der Waals surface area contributed by atoms with Crippen molar-refractivity contribution in [2.45, 2.75) is 83.2 Å². The van der Waals surface area contributed by atoms with Gasteiger partial charge in [-0.2, -0.15) is 5.26 Å². The van der Waals surface area contributed by atoms with Gasteiger partial charge in [-0.15, -0.1) is 0 Å². The van der Waals surface area contributed by atoms with Gasteiger partial charge in [0, 0.05) is 13.1 Å². The van der Waals surface area contributed by atoms with Crippen LogP contribution in [0.15, 0.2) is 36.4 Å². The van der Waals surface area contributed by atoms with Gasteiger partial charge in [0.1, 0.15) is 11.7 Å². The lowest BCUT2D eigenvalue weighted by atomic mass is 9.70. The Bertz CT molecular complexity index is 1280. The number of nitriles is 1. The summed E-state index contributed by atoms with van der Waals surface area (Å²) in [7, 11) is 0. The summed E-state index contributed by atoms with van der Waals surface area (Å²) >= 11 is 6.36. The highest BCUT2D eigenvalue weighted by atomic mass is 35.5. The van der Waals surface area contributed by atoms with Crippen molar-refractivity contribution in [2.75, 3.05) is 18.0 Å². The number of rotatable bonds is 3. The van der Waals surface area contributed by atoms with Crippen LogP contribution in [-0.4, -0.2) is 35.6 Å². The first kappa shape index (κ1) is 26.6. The van der Waals surface area contributed by atoms with Gasteiger partial charge in [-0.25, -0.2) is 4.79 Å². The number of benzene rings is 2. The normalized spacial score (nSPS) is 19.4. The summed E-state index contributed by atoms with van der Waals surface area (Å²) < 4.78 is 5.55. The van der Waals surface area contributed by atoms with E-state index in [1.807, 2.05) is 31.7 Å². The number of ether oxygens (including phenoxy) is 1. The molecule has 6 nitrogen and oxygen atoms in total. The molecule has 2 aromatic rings. The van der Waals surface area contributed by atoms with Gasteiger partial charge in [-0.05, 0) is 88.1 Å². The molecular formula is C31H36ClN3O3. The van der Waals surface area contributed by atoms with Crippen molar-refractivity contribution in [3.8, 4) is 6.07 Å². The van der Waals surface area contributed by atoms with Crippen LogP contribution >= 0.6 is 11.6 Å². The van der Waals surface area contributed by atoms with E-state index in [-0.39, 0.29) is 12.0 Å². The molecule has 2 fully saturated rings. The third-order valence-electron chi connectivity index (χ3n) is 8.27. The van der Waals surface area contributed by atoms with Crippen molar-refractivity contribution in [1.82, 2.24) is 4.90 Å². The van der Waals surface area contributed by atoms with Crippen molar-refractivity contribution in [3.63, 3.8) is 0 Å². The molecule has 2 amide bonds. The summed E-state index contributed by atoms with van der Waals surface area (Å²) in [4.78, 5) is 30.2. The van der Waals surface area contributed by atoms with Crippen molar-refractivity contribution >= 4 is 35.0 Å². The number of nitrogens with zero attached hydrogens (tertiary/aromatic N) is 3. The monoisotopic (exact) mass is 533 g/mol. The van der Waals surface area contributed by atoms with Crippen molar-refractivity contribution in [2.24, 2.45) is 5.92 Å². The number of hydrogen-bond donors (Lipinski definition) is 0. The number of piperidine rings is 1. The lowest BCUT2D eigenvalue weighted by Gasteiger charge is -2.34. The van der Waals surface area contributed by atoms with Gasteiger partial charge in [0.05, 0.1) is 27.4 Å². The Balaban J connectivity index is 1.40. The van der Waals surface area contributed by atoms with Crippen LogP contribution in [0.4, 0.5) is 16.2 Å². The molecular weight excluding hydrogens is 498 g/mol. The molecule has 0 unspecified atom stereocenters. The molecule has 5 rings (SSSR count). The molecule has 7 heteroatoms. The molecule has 1 aliphatic carbocycles. The lowest BCUT2D eigenvalue weighted by Crippen LogP contribution is -2.42. The number of fused-ring (bicyclic) bond motifs is 2. The van der Waals surface area contributed by atoms with Crippen LogP contribution in [0.3, 0.4) is 0 Å². The van der Waals surface area contributed by atoms with Gasteiger partial charge in [-0.1, -0.05) is 49.1 Å². The molecule has 2 heterocycles. The highest BCUT2D eigenvalue weighted by molar-refractivity contribution is 6.32. The molecule has 0 bridgehead atoms. The van der Waals surface area contributed by atoms with Gasteiger partial charge in [-0.3, -0.25) is 9.69 Å². The fourth-order valence-electron chi connectivity index (χ4n) is 6.39. The summed E-state index contributed by atoms with van der Waals surface area (Å²) in [6, 6.07) is 14.0. The first-order valence-corrected chi connectivity index (χ1v) is 14.2. The topological polar surface area (TPSA) is 73.6 Å². The second kappa shape index (κ2) is 10.3. The maximum absolute atomic E-state index is 14.1. The fourth-order valence-corrected chi connectivity index (χ4v) is 6.61. The van der Waals surface area contributed by atoms with Crippen LogP contribution in [0.1, 0.15) is 82.4 Å². The first-order valence-electron chi connectivity index (χ1n) is 13.8. The first-order chi connectivity index (χ1) is 18.1. The quantitative estimate of drug-likeness (QED) is 0.415. The smallest absolute Gasteiger partial charge is 0.410 e. The average molecular weight is 534 g/mol. The van der Waals surface area contributed by atoms with Crippen molar-refractivity contribution in [3.05, 3.63) is 58.1 Å². The Morgan fingerprint density at radius 3 is 2.47 bits per heavy atom. The number of carbonyl (C=O) groups excluding carboxylic acids is 2. The molecule has 1 spiro atoms. The molecule has 38 heavy (non-hydrogen) atoms. The van der Waals surface area contributed by atoms with Gasteiger partial charge in [0.15, 0.2) is 0 Å². The molecule has 2 aromatic carbocycles. The molecule has 200 valence electrons. The number of hydrogen-bond acceptors (Lipinski definition) is 4. The van der Waals surface area contributed by atoms with Gasteiger partial charge in [0.25, 0.3) is 0 Å². The molecule has 2 aliphatic heterocycles. The fraction of sp³-hybridized carbons (Fsp3) is 0.516. The molecule has 0 atom stereocenters. The maximum Gasteiger partial charge on any atom is 0.410 e. The summed E-state index contributed by atoms with van der Waals surface area (Å²) in [6.07, 6.45) is 7.39. The summed E-state index contributed by atoms with van der Waals surface area (Å²) in [5, 5.41) is 10.2. The zero-order valence-corrected chi connectivity index (χ0v) is 23.3. The molecule has 1 saturated carbocycles. The highest BCUT2D eigenvalue weighted by Crippen LogP contribution is 2.53. The third-order valence-corrected chi connectivity index (χ3v) is 8.59. The Morgan fingerprint density at radius 1 is 1.11 bits per heavy atom. The van der Waals surface area contributed by atoms with Crippen LogP contribution < -0.4 is 4.90 Å². The van der Waals surface area contributed by atoms with Crippen LogP contribution in [0.2, 0.25) is 5.02 Å². The van der Waals surface area contributed by atoms with Crippen LogP contribution in [0.25, 0.3) is 0 Å². The number of carbonyl (C=O) groups is 2. The summed E-state index contributed by atoms with van der Waals surface area (Å²) in [5.41, 5.74) is 3.06. The molecule has 0 aromatic heterocycles. The van der Waals surface area contributed by atoms with E-state index in [1.165, 1.54) is 5.56 Å². The largest absolute Gasteiger partial charge is 0.444 e.